The highest BCUT2D eigenvalue weighted by atomic mass is 127. The van der Waals surface area contributed by atoms with Crippen LogP contribution in [0.15, 0.2) is 18.2 Å². The molecular formula is C14H22INO2S. The van der Waals surface area contributed by atoms with Gasteiger partial charge in [-0.3, -0.25) is 0 Å². The Morgan fingerprint density at radius 3 is 2.63 bits per heavy atom. The van der Waals surface area contributed by atoms with Crippen molar-refractivity contribution in [1.29, 1.82) is 0 Å². The average molecular weight is 395 g/mol. The summed E-state index contributed by atoms with van der Waals surface area (Å²) in [4.78, 5) is 0. The highest BCUT2D eigenvalue weighted by Gasteiger charge is 2.15. The Bertz CT molecular complexity index is 514. The van der Waals surface area contributed by atoms with Crippen LogP contribution in [0.5, 0.6) is 0 Å². The second-order valence-corrected chi connectivity index (χ2v) is 8.25. The monoisotopic (exact) mass is 395 g/mol. The predicted molar refractivity (Wildman–Crippen MR) is 89.3 cm³/mol. The topological polar surface area (TPSA) is 46.2 Å². The Morgan fingerprint density at radius 1 is 1.37 bits per heavy atom. The van der Waals surface area contributed by atoms with Gasteiger partial charge in [-0.1, -0.05) is 25.1 Å². The van der Waals surface area contributed by atoms with E-state index < -0.39 is 9.84 Å². The third kappa shape index (κ3) is 5.04. The maximum Gasteiger partial charge on any atom is 0.150 e. The number of halogens is 1. The fourth-order valence-electron chi connectivity index (χ4n) is 2.05. The molecule has 1 aromatic carbocycles. The molecule has 0 saturated carbocycles. The van der Waals surface area contributed by atoms with Crippen LogP contribution in [0.1, 0.15) is 36.9 Å². The summed E-state index contributed by atoms with van der Waals surface area (Å²) in [6, 6.07) is 6.49. The summed E-state index contributed by atoms with van der Waals surface area (Å²) in [6.07, 6.45) is 1.54. The van der Waals surface area contributed by atoms with Crippen LogP contribution in [-0.2, 0) is 9.84 Å². The molecule has 1 rings (SSSR count). The first kappa shape index (κ1) is 16.9. The second-order valence-electron chi connectivity index (χ2n) is 4.70. The van der Waals surface area contributed by atoms with Crippen LogP contribution < -0.4 is 5.32 Å². The third-order valence-corrected chi connectivity index (χ3v) is 6.60. The molecule has 0 bridgehead atoms. The molecule has 0 aliphatic rings. The number of rotatable bonds is 7. The Morgan fingerprint density at radius 2 is 2.05 bits per heavy atom. The van der Waals surface area contributed by atoms with Crippen LogP contribution in [0.2, 0.25) is 0 Å². The van der Waals surface area contributed by atoms with E-state index in [-0.39, 0.29) is 17.5 Å². The van der Waals surface area contributed by atoms with Gasteiger partial charge >= 0.3 is 0 Å². The SMILES string of the molecule is CCS(=O)(=O)CCCC(NC)c1cccc(C)c1I. The summed E-state index contributed by atoms with van der Waals surface area (Å²) in [6.45, 7) is 3.80. The lowest BCUT2D eigenvalue weighted by Crippen LogP contribution is -2.19. The molecule has 0 spiro atoms. The molecule has 5 heteroatoms. The van der Waals surface area contributed by atoms with Crippen LogP contribution >= 0.6 is 22.6 Å². The maximum atomic E-state index is 11.5. The molecule has 1 atom stereocenters. The van der Waals surface area contributed by atoms with Gasteiger partial charge in [0.1, 0.15) is 9.84 Å². The van der Waals surface area contributed by atoms with E-state index in [9.17, 15) is 8.42 Å². The molecule has 0 aliphatic carbocycles. The molecule has 0 amide bonds. The van der Waals surface area contributed by atoms with Crippen molar-refractivity contribution in [2.45, 2.75) is 32.7 Å². The predicted octanol–water partition coefficient (Wildman–Crippen LogP) is 3.08. The molecule has 108 valence electrons. The van der Waals surface area contributed by atoms with Gasteiger partial charge in [0.15, 0.2) is 0 Å². The van der Waals surface area contributed by atoms with Crippen molar-refractivity contribution in [2.75, 3.05) is 18.6 Å². The van der Waals surface area contributed by atoms with E-state index in [2.05, 4.69) is 53.0 Å². The van der Waals surface area contributed by atoms with E-state index in [1.807, 2.05) is 7.05 Å². The van der Waals surface area contributed by atoms with Gasteiger partial charge in [-0.2, -0.15) is 0 Å². The Kier molecular flexibility index (Phi) is 6.76. The van der Waals surface area contributed by atoms with Crippen LogP contribution in [-0.4, -0.2) is 27.0 Å². The smallest absolute Gasteiger partial charge is 0.150 e. The fourth-order valence-corrected chi connectivity index (χ4v) is 3.68. The number of benzene rings is 1. The largest absolute Gasteiger partial charge is 0.313 e. The zero-order chi connectivity index (χ0) is 14.5. The Hall–Kier alpha value is -0.140. The average Bonchev–Trinajstić information content (AvgIpc) is 2.38. The molecule has 3 nitrogen and oxygen atoms in total. The van der Waals surface area contributed by atoms with Gasteiger partial charge in [-0.25, -0.2) is 8.42 Å². The fraction of sp³-hybridized carbons (Fsp3) is 0.571. The van der Waals surface area contributed by atoms with Crippen molar-refractivity contribution >= 4 is 32.4 Å². The summed E-state index contributed by atoms with van der Waals surface area (Å²) in [5.74, 6) is 0.517. The van der Waals surface area contributed by atoms with E-state index in [1.54, 1.807) is 6.92 Å². The summed E-state index contributed by atoms with van der Waals surface area (Å²) >= 11 is 2.36. The van der Waals surface area contributed by atoms with Crippen molar-refractivity contribution in [3.05, 3.63) is 32.9 Å². The lowest BCUT2D eigenvalue weighted by Gasteiger charge is -2.19. The van der Waals surface area contributed by atoms with Crippen molar-refractivity contribution in [2.24, 2.45) is 0 Å². The number of hydrogen-bond donors (Lipinski definition) is 1. The van der Waals surface area contributed by atoms with Crippen LogP contribution in [0.3, 0.4) is 0 Å². The summed E-state index contributed by atoms with van der Waals surface area (Å²) in [7, 11) is -0.926. The molecule has 0 aromatic heterocycles. The standard InChI is InChI=1S/C14H22INO2S/c1-4-19(17,18)10-6-9-13(16-3)12-8-5-7-11(2)14(12)15/h5,7-8,13,16H,4,6,9-10H2,1-3H3. The number of aryl methyl sites for hydroxylation is 1. The minimum absolute atomic E-state index is 0.221. The first-order valence-corrected chi connectivity index (χ1v) is 9.44. The van der Waals surface area contributed by atoms with Gasteiger partial charge < -0.3 is 5.32 Å². The lowest BCUT2D eigenvalue weighted by atomic mass is 10.0. The molecule has 0 heterocycles. The molecular weight excluding hydrogens is 373 g/mol. The summed E-state index contributed by atoms with van der Waals surface area (Å²) in [5.41, 5.74) is 2.52. The van der Waals surface area contributed by atoms with Gasteiger partial charge in [0.25, 0.3) is 0 Å². The van der Waals surface area contributed by atoms with Crippen LogP contribution in [0, 0.1) is 10.5 Å². The Labute approximate surface area is 130 Å². The van der Waals surface area contributed by atoms with Crippen molar-refractivity contribution in [3.8, 4) is 0 Å². The highest BCUT2D eigenvalue weighted by Crippen LogP contribution is 2.26. The molecule has 1 unspecified atom stereocenters. The number of nitrogens with one attached hydrogen (secondary N) is 1. The van der Waals surface area contributed by atoms with E-state index in [1.165, 1.54) is 14.7 Å². The molecule has 0 saturated heterocycles. The minimum Gasteiger partial charge on any atom is -0.313 e. The zero-order valence-corrected chi connectivity index (χ0v) is 14.7. The van der Waals surface area contributed by atoms with Gasteiger partial charge in [0.2, 0.25) is 0 Å². The van der Waals surface area contributed by atoms with Gasteiger partial charge in [-0.05, 0) is 60.5 Å². The summed E-state index contributed by atoms with van der Waals surface area (Å²) < 4.78 is 24.3. The van der Waals surface area contributed by atoms with Gasteiger partial charge in [-0.15, -0.1) is 0 Å². The zero-order valence-electron chi connectivity index (χ0n) is 11.7. The second kappa shape index (κ2) is 7.59. The maximum absolute atomic E-state index is 11.5. The van der Waals surface area contributed by atoms with Crippen molar-refractivity contribution < 1.29 is 8.42 Å². The third-order valence-electron chi connectivity index (χ3n) is 3.33. The number of sulfone groups is 1. The van der Waals surface area contributed by atoms with Crippen LogP contribution in [0.25, 0.3) is 0 Å². The number of hydrogen-bond acceptors (Lipinski definition) is 3. The molecule has 19 heavy (non-hydrogen) atoms. The molecule has 0 fully saturated rings. The molecule has 1 N–H and O–H groups in total. The molecule has 0 aliphatic heterocycles. The van der Waals surface area contributed by atoms with Crippen LogP contribution in [0.4, 0.5) is 0 Å². The first-order chi connectivity index (χ1) is 8.91. The van der Waals surface area contributed by atoms with E-state index in [4.69, 9.17) is 0 Å². The van der Waals surface area contributed by atoms with Gasteiger partial charge in [0, 0.05) is 15.4 Å². The van der Waals surface area contributed by atoms with Gasteiger partial charge in [0.05, 0.1) is 5.75 Å². The first-order valence-electron chi connectivity index (χ1n) is 6.54. The Balaban J connectivity index is 2.71. The van der Waals surface area contributed by atoms with E-state index in [0.717, 1.165) is 6.42 Å². The van der Waals surface area contributed by atoms with E-state index in [0.29, 0.717) is 6.42 Å². The quantitative estimate of drug-likeness (QED) is 0.722. The van der Waals surface area contributed by atoms with E-state index >= 15 is 0 Å². The lowest BCUT2D eigenvalue weighted by molar-refractivity contribution is 0.533. The van der Waals surface area contributed by atoms with Crippen molar-refractivity contribution in [1.82, 2.24) is 5.32 Å². The summed E-state index contributed by atoms with van der Waals surface area (Å²) in [5, 5.41) is 3.29. The van der Waals surface area contributed by atoms with Crippen molar-refractivity contribution in [3.63, 3.8) is 0 Å². The molecule has 0 radical (unpaired) electrons. The molecule has 1 aromatic rings. The highest BCUT2D eigenvalue weighted by molar-refractivity contribution is 14.1. The normalized spacial score (nSPS) is 13.5. The minimum atomic E-state index is -2.85.